The first-order valence-electron chi connectivity index (χ1n) is 6.09. The lowest BCUT2D eigenvalue weighted by molar-refractivity contribution is -0.257. The average molecular weight is 263 g/mol. The van der Waals surface area contributed by atoms with Crippen LogP contribution in [-0.4, -0.2) is 43.8 Å². The molecule has 2 aliphatic rings. The third-order valence-corrected chi connectivity index (χ3v) is 3.43. The molecule has 0 aromatic carbocycles. The molecule has 0 aromatic heterocycles. The van der Waals surface area contributed by atoms with Gasteiger partial charge in [-0.2, -0.15) is 0 Å². The van der Waals surface area contributed by atoms with Crippen LogP contribution in [0.4, 0.5) is 8.78 Å². The third kappa shape index (κ3) is 2.01. The van der Waals surface area contributed by atoms with Crippen LogP contribution in [0.3, 0.4) is 0 Å². The lowest BCUT2D eigenvalue weighted by atomic mass is 9.71. The Labute approximate surface area is 105 Å². The summed E-state index contributed by atoms with van der Waals surface area (Å²) in [5.41, 5.74) is -2.67. The number of alkyl halides is 2. The predicted molar refractivity (Wildman–Crippen MR) is 60.4 cm³/mol. The zero-order chi connectivity index (χ0) is 13.6. The Morgan fingerprint density at radius 2 is 2.11 bits per heavy atom. The summed E-state index contributed by atoms with van der Waals surface area (Å²) in [5, 5.41) is 2.89. The zero-order valence-corrected chi connectivity index (χ0v) is 10.9. The Morgan fingerprint density at radius 1 is 1.44 bits per heavy atom. The first kappa shape index (κ1) is 13.7. The van der Waals surface area contributed by atoms with Gasteiger partial charge in [-0.3, -0.25) is 4.79 Å². The standard InChI is InChI=1S/C12H19F2NO3/c1-10(2,3)18-9(16)11-6-15-4-8(5-17-7-11)12(11,13)14/h8,15H,4-7H2,1-3H3. The summed E-state index contributed by atoms with van der Waals surface area (Å²) < 4.78 is 39.1. The van der Waals surface area contributed by atoms with Gasteiger partial charge in [0.15, 0.2) is 5.41 Å². The maximum Gasteiger partial charge on any atom is 0.322 e. The number of carbonyl (C=O) groups is 1. The predicted octanol–water partition coefficient (Wildman–Crippen LogP) is 1.20. The number of hydrogen-bond acceptors (Lipinski definition) is 4. The van der Waals surface area contributed by atoms with Crippen LogP contribution in [-0.2, 0) is 14.3 Å². The van der Waals surface area contributed by atoms with E-state index in [1.165, 1.54) is 0 Å². The van der Waals surface area contributed by atoms with E-state index in [-0.39, 0.29) is 26.3 Å². The van der Waals surface area contributed by atoms with E-state index in [1.54, 1.807) is 20.8 Å². The van der Waals surface area contributed by atoms with Crippen LogP contribution in [0.25, 0.3) is 0 Å². The molecule has 4 nitrogen and oxygen atoms in total. The van der Waals surface area contributed by atoms with Crippen molar-refractivity contribution in [1.29, 1.82) is 0 Å². The van der Waals surface area contributed by atoms with E-state index in [2.05, 4.69) is 5.32 Å². The van der Waals surface area contributed by atoms with Crippen molar-refractivity contribution >= 4 is 5.97 Å². The molecule has 2 heterocycles. The van der Waals surface area contributed by atoms with Crippen molar-refractivity contribution in [1.82, 2.24) is 5.32 Å². The molecule has 2 atom stereocenters. The van der Waals surface area contributed by atoms with Gasteiger partial charge in [0.25, 0.3) is 5.92 Å². The molecule has 0 amide bonds. The number of carbonyl (C=O) groups excluding carboxylic acids is 1. The first-order chi connectivity index (χ1) is 8.19. The number of rotatable bonds is 1. The van der Waals surface area contributed by atoms with Gasteiger partial charge in [0.1, 0.15) is 5.60 Å². The fourth-order valence-corrected chi connectivity index (χ4v) is 2.43. The Kier molecular flexibility index (Phi) is 3.14. The molecular formula is C12H19F2NO3. The molecule has 1 N–H and O–H groups in total. The van der Waals surface area contributed by atoms with Gasteiger partial charge >= 0.3 is 5.97 Å². The van der Waals surface area contributed by atoms with Crippen molar-refractivity contribution in [3.63, 3.8) is 0 Å². The minimum Gasteiger partial charge on any atom is -0.459 e. The summed E-state index contributed by atoms with van der Waals surface area (Å²) in [5.74, 6) is -4.93. The Hall–Kier alpha value is -0.750. The van der Waals surface area contributed by atoms with E-state index in [9.17, 15) is 13.6 Å². The van der Waals surface area contributed by atoms with Gasteiger partial charge < -0.3 is 14.8 Å². The molecule has 2 fully saturated rings. The summed E-state index contributed by atoms with van der Waals surface area (Å²) in [6.07, 6.45) is 0. The van der Waals surface area contributed by atoms with Crippen LogP contribution in [0.15, 0.2) is 0 Å². The largest absolute Gasteiger partial charge is 0.459 e. The van der Waals surface area contributed by atoms with E-state index in [0.717, 1.165) is 0 Å². The Bertz CT molecular complexity index is 342. The van der Waals surface area contributed by atoms with Gasteiger partial charge in [-0.15, -0.1) is 0 Å². The molecule has 2 saturated heterocycles. The van der Waals surface area contributed by atoms with Crippen LogP contribution in [0.1, 0.15) is 20.8 Å². The molecule has 0 spiro atoms. The molecule has 2 bridgehead atoms. The second kappa shape index (κ2) is 4.13. The van der Waals surface area contributed by atoms with Crippen molar-refractivity contribution in [2.24, 2.45) is 11.3 Å². The fraction of sp³-hybridized carbons (Fsp3) is 0.917. The van der Waals surface area contributed by atoms with E-state index in [4.69, 9.17) is 9.47 Å². The lowest BCUT2D eigenvalue weighted by Gasteiger charge is -2.49. The second-order valence-electron chi connectivity index (χ2n) is 6.05. The summed E-state index contributed by atoms with van der Waals surface area (Å²) >= 11 is 0. The van der Waals surface area contributed by atoms with E-state index in [1.807, 2.05) is 0 Å². The maximum atomic E-state index is 14.4. The van der Waals surface area contributed by atoms with Gasteiger partial charge in [0.05, 0.1) is 19.1 Å². The SMILES string of the molecule is CC(C)(C)OC(=O)C12CNCC(COC1)C2(F)F. The number of fused-ring (bicyclic) bond motifs is 2. The summed E-state index contributed by atoms with van der Waals surface area (Å²) in [7, 11) is 0. The summed E-state index contributed by atoms with van der Waals surface area (Å²) in [6.45, 7) is 4.73. The van der Waals surface area contributed by atoms with Gasteiger partial charge in [0, 0.05) is 13.1 Å². The molecule has 104 valence electrons. The van der Waals surface area contributed by atoms with Crippen LogP contribution >= 0.6 is 0 Å². The number of nitrogens with one attached hydrogen (secondary N) is 1. The molecule has 0 saturated carbocycles. The van der Waals surface area contributed by atoms with Crippen LogP contribution in [0.5, 0.6) is 0 Å². The van der Waals surface area contributed by atoms with Gasteiger partial charge in [0.2, 0.25) is 0 Å². The van der Waals surface area contributed by atoms with Gasteiger partial charge in [-0.1, -0.05) is 0 Å². The molecule has 2 unspecified atom stereocenters. The topological polar surface area (TPSA) is 47.6 Å². The number of halogens is 2. The molecule has 6 heteroatoms. The smallest absolute Gasteiger partial charge is 0.322 e. The van der Waals surface area contributed by atoms with Crippen LogP contribution in [0.2, 0.25) is 0 Å². The normalized spacial score (nSPS) is 35.1. The molecule has 0 aromatic rings. The van der Waals surface area contributed by atoms with Crippen molar-refractivity contribution in [2.45, 2.75) is 32.3 Å². The van der Waals surface area contributed by atoms with Crippen molar-refractivity contribution in [3.05, 3.63) is 0 Å². The van der Waals surface area contributed by atoms with Crippen LogP contribution < -0.4 is 5.32 Å². The van der Waals surface area contributed by atoms with Crippen molar-refractivity contribution in [3.8, 4) is 0 Å². The number of esters is 1. The van der Waals surface area contributed by atoms with E-state index < -0.39 is 28.8 Å². The second-order valence-corrected chi connectivity index (χ2v) is 6.05. The molecule has 18 heavy (non-hydrogen) atoms. The highest BCUT2D eigenvalue weighted by atomic mass is 19.3. The van der Waals surface area contributed by atoms with Crippen molar-refractivity contribution in [2.75, 3.05) is 26.3 Å². The Balaban J connectivity index is 2.29. The van der Waals surface area contributed by atoms with E-state index >= 15 is 0 Å². The van der Waals surface area contributed by atoms with Crippen molar-refractivity contribution < 1.29 is 23.0 Å². The monoisotopic (exact) mass is 263 g/mol. The maximum absolute atomic E-state index is 14.4. The summed E-state index contributed by atoms with van der Waals surface area (Å²) in [4.78, 5) is 12.1. The van der Waals surface area contributed by atoms with Crippen LogP contribution in [0, 0.1) is 11.3 Å². The average Bonchev–Trinajstić information content (AvgIpc) is 2.12. The number of hydrogen-bond donors (Lipinski definition) is 1. The quantitative estimate of drug-likeness (QED) is 0.722. The van der Waals surface area contributed by atoms with Gasteiger partial charge in [-0.25, -0.2) is 8.78 Å². The number of ether oxygens (including phenoxy) is 2. The highest BCUT2D eigenvalue weighted by Crippen LogP contribution is 2.49. The zero-order valence-electron chi connectivity index (χ0n) is 10.9. The minimum absolute atomic E-state index is 0.0233. The highest BCUT2D eigenvalue weighted by Gasteiger charge is 2.68. The molecule has 0 aliphatic carbocycles. The molecule has 2 rings (SSSR count). The molecular weight excluding hydrogens is 244 g/mol. The van der Waals surface area contributed by atoms with E-state index in [0.29, 0.717) is 0 Å². The fourth-order valence-electron chi connectivity index (χ4n) is 2.43. The molecule has 2 aliphatic heterocycles. The highest BCUT2D eigenvalue weighted by molar-refractivity contribution is 5.79. The first-order valence-corrected chi connectivity index (χ1v) is 6.09. The summed E-state index contributed by atoms with van der Waals surface area (Å²) in [6, 6.07) is 0. The number of piperidine rings is 1. The van der Waals surface area contributed by atoms with Gasteiger partial charge in [-0.05, 0) is 20.8 Å². The Morgan fingerprint density at radius 3 is 2.72 bits per heavy atom. The molecule has 0 radical (unpaired) electrons. The lowest BCUT2D eigenvalue weighted by Crippen LogP contribution is -2.69. The third-order valence-electron chi connectivity index (χ3n) is 3.43. The minimum atomic E-state index is -3.08.